The van der Waals surface area contributed by atoms with Crippen LogP contribution in [0.4, 0.5) is 0 Å². The van der Waals surface area contributed by atoms with Crippen molar-refractivity contribution in [3.63, 3.8) is 0 Å². The van der Waals surface area contributed by atoms with Gasteiger partial charge in [0.1, 0.15) is 0 Å². The van der Waals surface area contributed by atoms with Crippen LogP contribution < -0.4 is 0 Å². The highest BCUT2D eigenvalue weighted by atomic mass is 29.9. The van der Waals surface area contributed by atoms with Crippen molar-refractivity contribution >= 4 is 78.2 Å². The molecule has 1 rings (SSSR count). The van der Waals surface area contributed by atoms with E-state index in [2.05, 4.69) is 45.8 Å². The molecule has 0 aromatic carbocycles. The second-order valence-electron chi connectivity index (χ2n) is 9.69. The van der Waals surface area contributed by atoms with Crippen molar-refractivity contribution in [1.29, 1.82) is 0 Å². The minimum atomic E-state index is -0.670. The molecule has 0 aromatic heterocycles. The molecule has 0 aromatic rings. The van der Waals surface area contributed by atoms with E-state index in [1.807, 2.05) is 11.7 Å². The molecular weight excluding hydrogens is 421 g/mol. The lowest BCUT2D eigenvalue weighted by Gasteiger charge is -2.52. The normalized spacial score (nSPS) is 39.8. The fourth-order valence-electron chi connectivity index (χ4n) is 5.74. The van der Waals surface area contributed by atoms with Crippen LogP contribution in [0.15, 0.2) is 0 Å². The van der Waals surface area contributed by atoms with Gasteiger partial charge in [-0.3, -0.25) is 0 Å². The second-order valence-corrected chi connectivity index (χ2v) is 63.4. The van der Waals surface area contributed by atoms with E-state index in [0.717, 1.165) is 0 Å². The quantitative estimate of drug-likeness (QED) is 0.440. The lowest BCUT2D eigenvalue weighted by Crippen LogP contribution is -2.73. The Kier molecular flexibility index (Phi) is 10.3. The molecule has 0 aliphatic carbocycles. The van der Waals surface area contributed by atoms with Crippen molar-refractivity contribution in [2.75, 3.05) is 0 Å². The van der Waals surface area contributed by atoms with Crippen LogP contribution in [-0.4, -0.2) is 78.2 Å². The Hall–Kier alpha value is 1.95. The van der Waals surface area contributed by atoms with Crippen molar-refractivity contribution < 1.29 is 0 Å². The van der Waals surface area contributed by atoms with E-state index in [1.54, 1.807) is 28.4 Å². The molecular formula is C14H46Si9. The van der Waals surface area contributed by atoms with Crippen LogP contribution in [0.5, 0.6) is 0 Å². The van der Waals surface area contributed by atoms with Gasteiger partial charge < -0.3 is 0 Å². The lowest BCUT2D eigenvalue weighted by molar-refractivity contribution is 0.673. The first-order valence-corrected chi connectivity index (χ1v) is 36.4. The van der Waals surface area contributed by atoms with Crippen LogP contribution in [-0.2, 0) is 0 Å². The zero-order chi connectivity index (χ0) is 17.8. The molecule has 1 saturated heterocycles. The molecule has 0 spiro atoms. The lowest BCUT2D eigenvalue weighted by atomic mass is 10.2. The zero-order valence-corrected chi connectivity index (χ0v) is 30.0. The Morgan fingerprint density at radius 3 is 2.39 bits per heavy atom. The van der Waals surface area contributed by atoms with E-state index in [4.69, 9.17) is 0 Å². The topological polar surface area (TPSA) is 0 Å². The predicted octanol–water partition coefficient (Wildman–Crippen LogP) is -0.0559. The van der Waals surface area contributed by atoms with Gasteiger partial charge in [0.15, 0.2) is 0 Å². The SMILES string of the molecule is C[SiH2][SiH](C)C[SiH](C)[Si]1(C)[SiH](C)CC(C[SiH](C)CC[SiH3])C([SiH3])[SiH]1C. The first kappa shape index (κ1) is 23.0. The maximum Gasteiger partial charge on any atom is 0.0336 e. The van der Waals surface area contributed by atoms with Gasteiger partial charge in [0.2, 0.25) is 0 Å². The van der Waals surface area contributed by atoms with Crippen molar-refractivity contribution in [2.45, 2.75) is 80.8 Å². The summed E-state index contributed by atoms with van der Waals surface area (Å²) in [6, 6.07) is 6.90. The molecule has 1 fully saturated rings. The van der Waals surface area contributed by atoms with Gasteiger partial charge in [0.25, 0.3) is 0 Å². The summed E-state index contributed by atoms with van der Waals surface area (Å²) in [7, 11) is 1.95. The first-order valence-electron chi connectivity index (χ1n) is 10.7. The molecule has 0 radical (unpaired) electrons. The zero-order valence-electron chi connectivity index (χ0n) is 17.8. The molecule has 8 unspecified atom stereocenters. The third kappa shape index (κ3) is 5.71. The smallest absolute Gasteiger partial charge is 0.0336 e. The van der Waals surface area contributed by atoms with E-state index in [-0.39, 0.29) is 42.1 Å². The molecule has 8 atom stereocenters. The molecule has 0 amide bonds. The van der Waals surface area contributed by atoms with Gasteiger partial charge >= 0.3 is 0 Å². The Balaban J connectivity index is 2.83. The van der Waals surface area contributed by atoms with Crippen LogP contribution >= 0.6 is 0 Å². The molecule has 0 N–H and O–H groups in total. The highest BCUT2D eigenvalue weighted by molar-refractivity contribution is 7.80. The maximum atomic E-state index is 3.02. The van der Waals surface area contributed by atoms with Crippen LogP contribution in [0.2, 0.25) is 80.8 Å². The van der Waals surface area contributed by atoms with E-state index in [9.17, 15) is 0 Å². The van der Waals surface area contributed by atoms with Gasteiger partial charge in [-0.2, -0.15) is 0 Å². The highest BCUT2D eigenvalue weighted by Gasteiger charge is 2.52. The fraction of sp³-hybridized carbons (Fsp3) is 1.00. The molecule has 9 heteroatoms. The number of rotatable bonds is 8. The van der Waals surface area contributed by atoms with Crippen molar-refractivity contribution in [1.82, 2.24) is 0 Å². The fourth-order valence-corrected chi connectivity index (χ4v) is 117. The maximum absolute atomic E-state index is 3.02. The summed E-state index contributed by atoms with van der Waals surface area (Å²) in [4.78, 5) is 0. The van der Waals surface area contributed by atoms with Crippen LogP contribution in [0, 0.1) is 5.92 Å². The first-order chi connectivity index (χ1) is 10.7. The third-order valence-electron chi connectivity index (χ3n) is 8.23. The molecule has 1 aliphatic heterocycles. The largest absolute Gasteiger partial charge is 0.0769 e. The molecule has 1 heterocycles. The van der Waals surface area contributed by atoms with Crippen molar-refractivity contribution in [3.05, 3.63) is 0 Å². The van der Waals surface area contributed by atoms with E-state index in [1.165, 1.54) is 21.3 Å². The minimum Gasteiger partial charge on any atom is -0.0769 e. The third-order valence-corrected chi connectivity index (χ3v) is 96.1. The Labute approximate surface area is 164 Å². The van der Waals surface area contributed by atoms with Gasteiger partial charge in [-0.25, -0.2) is 0 Å². The van der Waals surface area contributed by atoms with Crippen LogP contribution in [0.25, 0.3) is 0 Å². The summed E-state index contributed by atoms with van der Waals surface area (Å²) in [5.41, 5.74) is 1.91. The van der Waals surface area contributed by atoms with Gasteiger partial charge in [-0.1, -0.05) is 80.8 Å². The standard InChI is InChI=1S/C14H46Si9/c1-17-19(3)12-21(5)23(7)20(4)11-13(14(16)22(23)6)10-18(2)9-8-15/h13-14,18-22H,8-12,17H2,1-7,15-16H3. The summed E-state index contributed by atoms with van der Waals surface area (Å²) >= 11 is 0. The van der Waals surface area contributed by atoms with Gasteiger partial charge in [0, 0.05) is 78.2 Å². The summed E-state index contributed by atoms with van der Waals surface area (Å²) in [5, 5.41) is 1.37. The predicted molar refractivity (Wildman–Crippen MR) is 142 cm³/mol. The summed E-state index contributed by atoms with van der Waals surface area (Å²) in [6.07, 6.45) is 0. The van der Waals surface area contributed by atoms with Gasteiger partial charge in [0.05, 0.1) is 0 Å². The molecule has 23 heavy (non-hydrogen) atoms. The monoisotopic (exact) mass is 466 g/mol. The van der Waals surface area contributed by atoms with E-state index in [0.29, 0.717) is 9.04 Å². The average molecular weight is 467 g/mol. The summed E-state index contributed by atoms with van der Waals surface area (Å²) in [5.74, 6) is 1.29. The second kappa shape index (κ2) is 10.3. The molecule has 0 nitrogen and oxygen atoms in total. The summed E-state index contributed by atoms with van der Waals surface area (Å²) < 4.78 is 0. The highest BCUT2D eigenvalue weighted by Crippen LogP contribution is 2.41. The van der Waals surface area contributed by atoms with Crippen LogP contribution in [0.3, 0.4) is 0 Å². The van der Waals surface area contributed by atoms with Gasteiger partial charge in [-0.15, -0.1) is 0 Å². The molecule has 138 valence electrons. The Bertz CT molecular complexity index is 355. The number of hydrogen-bond donors (Lipinski definition) is 0. The average Bonchev–Trinajstić information content (AvgIpc) is 2.50. The molecule has 0 bridgehead atoms. The molecule has 0 saturated carbocycles. The van der Waals surface area contributed by atoms with Crippen LogP contribution in [0.1, 0.15) is 0 Å². The minimum absolute atomic E-state index is 0.176. The van der Waals surface area contributed by atoms with E-state index >= 15 is 0 Å². The van der Waals surface area contributed by atoms with Crippen molar-refractivity contribution in [3.8, 4) is 0 Å². The van der Waals surface area contributed by atoms with Crippen molar-refractivity contribution in [2.24, 2.45) is 5.92 Å². The molecule has 1 aliphatic rings. The summed E-state index contributed by atoms with van der Waals surface area (Å²) in [6.45, 7) is 19.2. The van der Waals surface area contributed by atoms with E-state index < -0.39 is 6.63 Å². The Morgan fingerprint density at radius 2 is 1.87 bits per heavy atom. The Morgan fingerprint density at radius 1 is 1.26 bits per heavy atom. The number of hydrogen-bond acceptors (Lipinski definition) is 0. The van der Waals surface area contributed by atoms with Gasteiger partial charge in [-0.05, 0) is 5.92 Å².